The predicted molar refractivity (Wildman–Crippen MR) is 79.6 cm³/mol. The van der Waals surface area contributed by atoms with Gasteiger partial charge in [0.05, 0.1) is 12.8 Å². The molecule has 1 heterocycles. The Bertz CT molecular complexity index is 814. The molecule has 0 atom stereocenters. The summed E-state index contributed by atoms with van der Waals surface area (Å²) >= 11 is 0. The van der Waals surface area contributed by atoms with Crippen LogP contribution in [0.4, 0.5) is 4.39 Å². The van der Waals surface area contributed by atoms with E-state index in [2.05, 4.69) is 10.0 Å². The zero-order valence-electron chi connectivity index (χ0n) is 12.1. The summed E-state index contributed by atoms with van der Waals surface area (Å²) < 4.78 is 45.6. The van der Waals surface area contributed by atoms with E-state index in [1.807, 2.05) is 0 Å². The number of nitrogens with one attached hydrogen (secondary N) is 2. The second kappa shape index (κ2) is 6.13. The largest absolute Gasteiger partial charge is 0.467 e. The molecule has 1 aliphatic carbocycles. The van der Waals surface area contributed by atoms with Gasteiger partial charge in [0.2, 0.25) is 10.0 Å². The van der Waals surface area contributed by atoms with Crippen molar-refractivity contribution in [1.82, 2.24) is 10.0 Å². The van der Waals surface area contributed by atoms with E-state index in [0.29, 0.717) is 5.76 Å². The van der Waals surface area contributed by atoms with Gasteiger partial charge in [-0.3, -0.25) is 4.79 Å². The van der Waals surface area contributed by atoms with Crippen LogP contribution >= 0.6 is 0 Å². The summed E-state index contributed by atoms with van der Waals surface area (Å²) in [5.41, 5.74) is 0.0640. The number of hydrogen-bond acceptors (Lipinski definition) is 4. The van der Waals surface area contributed by atoms with Gasteiger partial charge in [0, 0.05) is 11.6 Å². The number of halogens is 1. The molecular weight excluding hydrogens is 323 g/mol. The summed E-state index contributed by atoms with van der Waals surface area (Å²) in [6, 6.07) is 6.49. The van der Waals surface area contributed by atoms with Crippen LogP contribution in [-0.2, 0) is 16.6 Å². The molecule has 6 nitrogen and oxygen atoms in total. The summed E-state index contributed by atoms with van der Waals surface area (Å²) in [4.78, 5) is 11.6. The SMILES string of the molecule is O=C(NCc1ccco1)c1ccc(F)c(S(=O)(=O)NC2CC2)c1. The standard InChI is InChI=1S/C15H15FN2O4S/c16-13-6-3-10(15(19)17-9-12-2-1-7-22-12)8-14(13)23(20,21)18-11-4-5-11/h1-3,6-8,11,18H,4-5,9H2,(H,17,19). The van der Waals surface area contributed by atoms with E-state index in [9.17, 15) is 17.6 Å². The Balaban J connectivity index is 1.77. The maximum absolute atomic E-state index is 13.8. The summed E-state index contributed by atoms with van der Waals surface area (Å²) in [6.07, 6.45) is 2.96. The molecule has 2 aromatic rings. The van der Waals surface area contributed by atoms with Crippen molar-refractivity contribution in [3.8, 4) is 0 Å². The maximum atomic E-state index is 13.8. The molecule has 0 radical (unpaired) electrons. The number of sulfonamides is 1. The van der Waals surface area contributed by atoms with Crippen LogP contribution in [0.15, 0.2) is 45.9 Å². The molecule has 1 saturated carbocycles. The Morgan fingerprint density at radius 2 is 2.09 bits per heavy atom. The molecule has 0 spiro atoms. The fraction of sp³-hybridized carbons (Fsp3) is 0.267. The Morgan fingerprint density at radius 1 is 1.30 bits per heavy atom. The van der Waals surface area contributed by atoms with Gasteiger partial charge in [-0.15, -0.1) is 0 Å². The lowest BCUT2D eigenvalue weighted by molar-refractivity contribution is 0.0947. The van der Waals surface area contributed by atoms with Crippen LogP contribution in [0.2, 0.25) is 0 Å². The third-order valence-electron chi connectivity index (χ3n) is 3.39. The Kier molecular flexibility index (Phi) is 4.18. The van der Waals surface area contributed by atoms with Crippen molar-refractivity contribution in [3.05, 3.63) is 53.7 Å². The second-order valence-corrected chi connectivity index (χ2v) is 6.99. The lowest BCUT2D eigenvalue weighted by atomic mass is 10.2. The number of hydrogen-bond donors (Lipinski definition) is 2. The average Bonchev–Trinajstić information content (AvgIpc) is 3.15. The van der Waals surface area contributed by atoms with Crippen molar-refractivity contribution in [3.63, 3.8) is 0 Å². The molecule has 23 heavy (non-hydrogen) atoms. The first kappa shape index (κ1) is 15.7. The molecule has 1 amide bonds. The third kappa shape index (κ3) is 3.77. The van der Waals surface area contributed by atoms with Gasteiger partial charge in [0.15, 0.2) is 0 Å². The molecule has 1 aromatic heterocycles. The number of carbonyl (C=O) groups is 1. The van der Waals surface area contributed by atoms with Crippen LogP contribution in [0.3, 0.4) is 0 Å². The van der Waals surface area contributed by atoms with E-state index in [1.165, 1.54) is 12.3 Å². The number of carbonyl (C=O) groups excluding carboxylic acids is 1. The fourth-order valence-corrected chi connectivity index (χ4v) is 3.43. The molecule has 0 aliphatic heterocycles. The molecule has 1 aromatic carbocycles. The molecule has 0 unspecified atom stereocenters. The van der Waals surface area contributed by atoms with Crippen molar-refractivity contribution in [2.24, 2.45) is 0 Å². The van der Waals surface area contributed by atoms with Crippen LogP contribution in [0.25, 0.3) is 0 Å². The summed E-state index contributed by atoms with van der Waals surface area (Å²) in [5, 5.41) is 2.58. The van der Waals surface area contributed by atoms with E-state index < -0.39 is 26.6 Å². The first-order chi connectivity index (χ1) is 11.0. The minimum atomic E-state index is -3.97. The lowest BCUT2D eigenvalue weighted by Crippen LogP contribution is -2.27. The van der Waals surface area contributed by atoms with Crippen molar-refractivity contribution < 1.29 is 22.0 Å². The average molecular weight is 338 g/mol. The first-order valence-corrected chi connectivity index (χ1v) is 8.56. The topological polar surface area (TPSA) is 88.4 Å². The van der Waals surface area contributed by atoms with E-state index in [4.69, 9.17) is 4.42 Å². The molecule has 1 fully saturated rings. The van der Waals surface area contributed by atoms with Gasteiger partial charge in [-0.2, -0.15) is 0 Å². The minimum Gasteiger partial charge on any atom is -0.467 e. The Hall–Kier alpha value is -2.19. The summed E-state index contributed by atoms with van der Waals surface area (Å²) in [5.74, 6) is -0.839. The molecule has 3 rings (SSSR count). The number of benzene rings is 1. The van der Waals surface area contributed by atoms with Gasteiger partial charge < -0.3 is 9.73 Å². The molecule has 2 N–H and O–H groups in total. The number of furan rings is 1. The highest BCUT2D eigenvalue weighted by Crippen LogP contribution is 2.24. The van der Waals surface area contributed by atoms with Crippen molar-refractivity contribution in [2.75, 3.05) is 0 Å². The van der Waals surface area contributed by atoms with Crippen molar-refractivity contribution in [2.45, 2.75) is 30.3 Å². The monoisotopic (exact) mass is 338 g/mol. The first-order valence-electron chi connectivity index (χ1n) is 7.08. The number of amides is 1. The van der Waals surface area contributed by atoms with E-state index in [-0.39, 0.29) is 18.2 Å². The van der Waals surface area contributed by atoms with Crippen LogP contribution in [0.1, 0.15) is 29.0 Å². The Labute approximate surface area is 132 Å². The second-order valence-electron chi connectivity index (χ2n) is 5.30. The summed E-state index contributed by atoms with van der Waals surface area (Å²) in [7, 11) is -3.97. The quantitative estimate of drug-likeness (QED) is 0.840. The summed E-state index contributed by atoms with van der Waals surface area (Å²) in [6.45, 7) is 0.158. The van der Waals surface area contributed by atoms with Crippen molar-refractivity contribution in [1.29, 1.82) is 0 Å². The maximum Gasteiger partial charge on any atom is 0.251 e. The van der Waals surface area contributed by atoms with E-state index >= 15 is 0 Å². The van der Waals surface area contributed by atoms with Crippen LogP contribution in [0.5, 0.6) is 0 Å². The number of rotatable bonds is 6. The van der Waals surface area contributed by atoms with E-state index in [1.54, 1.807) is 12.1 Å². The highest BCUT2D eigenvalue weighted by molar-refractivity contribution is 7.89. The zero-order chi connectivity index (χ0) is 16.4. The highest BCUT2D eigenvalue weighted by Gasteiger charge is 2.30. The van der Waals surface area contributed by atoms with Gasteiger partial charge >= 0.3 is 0 Å². The highest BCUT2D eigenvalue weighted by atomic mass is 32.2. The third-order valence-corrected chi connectivity index (χ3v) is 4.92. The molecule has 122 valence electrons. The van der Waals surface area contributed by atoms with E-state index in [0.717, 1.165) is 25.0 Å². The normalized spacial score (nSPS) is 14.7. The van der Waals surface area contributed by atoms with Crippen molar-refractivity contribution >= 4 is 15.9 Å². The van der Waals surface area contributed by atoms with Gasteiger partial charge in [-0.25, -0.2) is 17.5 Å². The molecule has 0 saturated heterocycles. The van der Waals surface area contributed by atoms with Gasteiger partial charge in [-0.1, -0.05) is 0 Å². The molecule has 8 heteroatoms. The van der Waals surface area contributed by atoms with Gasteiger partial charge in [0.25, 0.3) is 5.91 Å². The predicted octanol–water partition coefficient (Wildman–Crippen LogP) is 1.79. The molecular formula is C15H15FN2O4S. The fourth-order valence-electron chi connectivity index (χ4n) is 2.02. The van der Waals surface area contributed by atoms with Crippen LogP contribution in [0, 0.1) is 5.82 Å². The molecule has 1 aliphatic rings. The van der Waals surface area contributed by atoms with Crippen LogP contribution in [-0.4, -0.2) is 20.4 Å². The van der Waals surface area contributed by atoms with Crippen LogP contribution < -0.4 is 10.0 Å². The van der Waals surface area contributed by atoms with Gasteiger partial charge in [-0.05, 0) is 43.2 Å². The van der Waals surface area contributed by atoms with Gasteiger partial charge in [0.1, 0.15) is 16.5 Å². The lowest BCUT2D eigenvalue weighted by Gasteiger charge is -2.09. The Morgan fingerprint density at radius 3 is 2.74 bits per heavy atom. The molecule has 0 bridgehead atoms. The smallest absolute Gasteiger partial charge is 0.251 e. The minimum absolute atomic E-state index is 0.0640. The zero-order valence-corrected chi connectivity index (χ0v) is 12.9.